The maximum absolute atomic E-state index is 12.1. The first kappa shape index (κ1) is 52.0. The summed E-state index contributed by atoms with van der Waals surface area (Å²) in [6.07, 6.45) is -41.2. The zero-order chi connectivity index (χ0) is 46.6. The van der Waals surface area contributed by atoms with E-state index in [-0.39, 0.29) is 0 Å². The summed E-state index contributed by atoms with van der Waals surface area (Å²) in [5, 5.41) is 153. The molecule has 0 radical (unpaired) electrons. The van der Waals surface area contributed by atoms with E-state index in [0.717, 1.165) is 21.0 Å². The van der Waals surface area contributed by atoms with E-state index in [2.05, 4.69) is 10.6 Å². The lowest BCUT2D eigenvalue weighted by Crippen LogP contribution is -2.69. The van der Waals surface area contributed by atoms with Gasteiger partial charge in [0.1, 0.15) is 122 Å². The molecule has 5 aliphatic rings. The van der Waals surface area contributed by atoms with Gasteiger partial charge in [-0.25, -0.2) is 0 Å². The summed E-state index contributed by atoms with van der Waals surface area (Å²) in [5.74, 6) is -1.46. The number of hydrogen-bond acceptors (Lipinski definition) is 26. The van der Waals surface area contributed by atoms with E-state index in [0.29, 0.717) is 0 Å². The summed E-state index contributed by atoms with van der Waals surface area (Å²) in [5.41, 5.74) is 0. The quantitative estimate of drug-likeness (QED) is 0.0683. The van der Waals surface area contributed by atoms with Gasteiger partial charge in [0.2, 0.25) is 11.8 Å². The molecule has 1 unspecified atom stereocenters. The molecule has 16 N–H and O–H groups in total. The van der Waals surface area contributed by atoms with Gasteiger partial charge >= 0.3 is 0 Å². The van der Waals surface area contributed by atoms with Gasteiger partial charge in [0.25, 0.3) is 0 Å². The van der Waals surface area contributed by atoms with Crippen LogP contribution in [0, 0.1) is 0 Å². The molecule has 0 aromatic rings. The molecule has 366 valence electrons. The van der Waals surface area contributed by atoms with E-state index in [9.17, 15) is 81.1 Å². The van der Waals surface area contributed by atoms with Gasteiger partial charge in [-0.15, -0.1) is 0 Å². The molecule has 5 fully saturated rings. The number of carbonyl (C=O) groups is 2. The highest BCUT2D eigenvalue weighted by Gasteiger charge is 2.57. The van der Waals surface area contributed by atoms with Crippen molar-refractivity contribution in [1.29, 1.82) is 0 Å². The van der Waals surface area contributed by atoms with Crippen molar-refractivity contribution in [2.24, 2.45) is 0 Å². The number of aliphatic hydroxyl groups is 14. The summed E-state index contributed by atoms with van der Waals surface area (Å²) in [7, 11) is 1.11. The SMILES string of the molecule is CO[C@H]1[C@H](O[C@H]2O[C@H](CO)[C@@H](O)[C@H](O)[C@@H]2O[C@@H]2O[C@H](CO)[C@@H](O)[C@H](O)[C@H]2NC(C)=O)[C@H](O)[C@H](O[C@H]2[C@H](O)[C@@H](NC(C)=O)C(O)O[C@@H]2CO)O[C@@H]1CO[C@H]1O[C@H](CO)[C@@H](O)[C@H](O)[C@@H]1O. The third kappa shape index (κ3) is 11.4. The third-order valence-electron chi connectivity index (χ3n) is 11.4. The van der Waals surface area contributed by atoms with Crippen LogP contribution < -0.4 is 10.6 Å². The smallest absolute Gasteiger partial charge is 0.217 e. The van der Waals surface area contributed by atoms with Gasteiger partial charge in [-0.05, 0) is 0 Å². The number of ether oxygens (including phenoxy) is 10. The largest absolute Gasteiger partial charge is 0.394 e. The minimum atomic E-state index is -2.09. The van der Waals surface area contributed by atoms with Gasteiger partial charge in [-0.2, -0.15) is 0 Å². The lowest BCUT2D eigenvalue weighted by atomic mass is 9.94. The van der Waals surface area contributed by atoms with Gasteiger partial charge in [-0.3, -0.25) is 9.59 Å². The van der Waals surface area contributed by atoms with Crippen LogP contribution in [-0.2, 0) is 57.0 Å². The third-order valence-corrected chi connectivity index (χ3v) is 11.4. The zero-order valence-electron chi connectivity index (χ0n) is 34.1. The Hall–Kier alpha value is -2.02. The minimum absolute atomic E-state index is 0.712. The van der Waals surface area contributed by atoms with Crippen molar-refractivity contribution in [3.05, 3.63) is 0 Å². The Labute approximate surface area is 358 Å². The normalized spacial score (nSPS) is 48.4. The van der Waals surface area contributed by atoms with Crippen LogP contribution in [0.15, 0.2) is 0 Å². The molecule has 0 saturated carbocycles. The highest BCUT2D eigenvalue weighted by Crippen LogP contribution is 2.36. The summed E-state index contributed by atoms with van der Waals surface area (Å²) >= 11 is 0. The fourth-order valence-electron chi connectivity index (χ4n) is 7.98. The Kier molecular flexibility index (Phi) is 18.7. The van der Waals surface area contributed by atoms with E-state index in [1.807, 2.05) is 0 Å². The van der Waals surface area contributed by atoms with E-state index in [4.69, 9.17) is 47.4 Å². The molecular formula is C35H60N2O26. The van der Waals surface area contributed by atoms with Gasteiger partial charge in [-0.1, -0.05) is 0 Å². The van der Waals surface area contributed by atoms with Crippen LogP contribution in [0.25, 0.3) is 0 Å². The van der Waals surface area contributed by atoms with Gasteiger partial charge in [0.15, 0.2) is 31.5 Å². The second-order valence-corrected chi connectivity index (χ2v) is 15.7. The Morgan fingerprint density at radius 1 is 0.444 bits per heavy atom. The summed E-state index contributed by atoms with van der Waals surface area (Å²) in [4.78, 5) is 24.1. The predicted octanol–water partition coefficient (Wildman–Crippen LogP) is -11.0. The van der Waals surface area contributed by atoms with Crippen LogP contribution in [0.4, 0.5) is 0 Å². The van der Waals surface area contributed by atoms with Crippen molar-refractivity contribution in [1.82, 2.24) is 10.6 Å². The topological polar surface area (TPSA) is 434 Å². The van der Waals surface area contributed by atoms with Gasteiger partial charge in [0, 0.05) is 21.0 Å². The molecule has 0 aromatic heterocycles. The maximum Gasteiger partial charge on any atom is 0.217 e. The number of amides is 2. The molecule has 5 rings (SSSR count). The highest BCUT2D eigenvalue weighted by atomic mass is 16.8. The molecule has 25 atom stereocenters. The monoisotopic (exact) mass is 924 g/mol. The van der Waals surface area contributed by atoms with Crippen LogP contribution in [0.5, 0.6) is 0 Å². The Bertz CT molecular complexity index is 1460. The van der Waals surface area contributed by atoms with Gasteiger partial charge in [0.05, 0.1) is 33.0 Å². The van der Waals surface area contributed by atoms with Crippen molar-refractivity contribution in [2.45, 2.75) is 167 Å². The number of hydrogen-bond donors (Lipinski definition) is 16. The summed E-state index contributed by atoms with van der Waals surface area (Å²) in [6, 6.07) is -3.14. The van der Waals surface area contributed by atoms with Crippen molar-refractivity contribution in [3.63, 3.8) is 0 Å². The minimum Gasteiger partial charge on any atom is -0.394 e. The van der Waals surface area contributed by atoms with Crippen LogP contribution in [0.1, 0.15) is 13.8 Å². The molecule has 28 heteroatoms. The molecule has 0 spiro atoms. The fraction of sp³-hybridized carbons (Fsp3) is 0.943. The molecule has 5 saturated heterocycles. The number of rotatable bonds is 16. The second kappa shape index (κ2) is 22.6. The molecule has 5 heterocycles. The van der Waals surface area contributed by atoms with Crippen LogP contribution in [-0.4, -0.2) is 277 Å². The van der Waals surface area contributed by atoms with Crippen molar-refractivity contribution < 1.29 is 128 Å². The van der Waals surface area contributed by atoms with Crippen LogP contribution in [0.3, 0.4) is 0 Å². The number of carbonyl (C=O) groups excluding carboxylic acids is 2. The average molecular weight is 925 g/mol. The van der Waals surface area contributed by atoms with E-state index < -0.39 is 198 Å². The van der Waals surface area contributed by atoms with E-state index >= 15 is 0 Å². The molecular weight excluding hydrogens is 864 g/mol. The van der Waals surface area contributed by atoms with Gasteiger partial charge < -0.3 is 129 Å². The highest BCUT2D eigenvalue weighted by molar-refractivity contribution is 5.73. The standard InChI is InChI=1S/C35H60N2O26/c1-9(42)36-16-22(48)27(14(7-41)56-31(16)53)61-34-26(52)29(28(54-3)15(60-34)8-55-33-25(51)23(49)19(45)12(5-39)58-33)62-35-30(24(50)20(46)13(6-40)59-35)63-32-17(37-10(2)43)21(47)18(44)11(4-38)57-32/h11-35,38-41,44-53H,4-8H2,1-3H3,(H,36,42)(H,37,43)/t11-,12-,13-,14-,15-,16-,17-,18-,19-,20-,21-,22-,23+,24+,25+,26+,27-,28-,29-,30+,31?,32+,33+,34+,35-/m1/s1. The Morgan fingerprint density at radius 2 is 0.921 bits per heavy atom. The van der Waals surface area contributed by atoms with Crippen LogP contribution >= 0.6 is 0 Å². The molecule has 0 aliphatic carbocycles. The maximum atomic E-state index is 12.1. The summed E-state index contributed by atoms with van der Waals surface area (Å²) < 4.78 is 57.8. The first-order valence-electron chi connectivity index (χ1n) is 20.0. The first-order valence-corrected chi connectivity index (χ1v) is 20.0. The fourth-order valence-corrected chi connectivity index (χ4v) is 7.98. The second-order valence-electron chi connectivity index (χ2n) is 15.7. The van der Waals surface area contributed by atoms with Crippen molar-refractivity contribution in [2.75, 3.05) is 40.1 Å². The zero-order valence-corrected chi connectivity index (χ0v) is 34.1. The van der Waals surface area contributed by atoms with Crippen LogP contribution in [0.2, 0.25) is 0 Å². The van der Waals surface area contributed by atoms with E-state index in [1.165, 1.54) is 0 Å². The van der Waals surface area contributed by atoms with Crippen molar-refractivity contribution >= 4 is 11.8 Å². The molecule has 0 aromatic carbocycles. The Balaban J connectivity index is 1.50. The lowest BCUT2D eigenvalue weighted by Gasteiger charge is -2.50. The first-order chi connectivity index (χ1) is 29.8. The number of aliphatic hydroxyl groups excluding tert-OH is 14. The molecule has 28 nitrogen and oxygen atoms in total. The molecule has 2 amide bonds. The Morgan fingerprint density at radius 3 is 1.48 bits per heavy atom. The number of methoxy groups -OCH3 is 1. The van der Waals surface area contributed by atoms with Crippen molar-refractivity contribution in [3.8, 4) is 0 Å². The number of nitrogens with one attached hydrogen (secondary N) is 2. The average Bonchev–Trinajstić information content (AvgIpc) is 3.25. The molecule has 0 bridgehead atoms. The molecule has 5 aliphatic heterocycles. The lowest BCUT2D eigenvalue weighted by molar-refractivity contribution is -0.393. The summed E-state index contributed by atoms with van der Waals surface area (Å²) in [6.45, 7) is -2.11. The van der Waals surface area contributed by atoms with E-state index in [1.54, 1.807) is 0 Å². The predicted molar refractivity (Wildman–Crippen MR) is 195 cm³/mol. The molecule has 63 heavy (non-hydrogen) atoms.